The molecule has 100 valence electrons. The van der Waals surface area contributed by atoms with E-state index in [9.17, 15) is 13.8 Å². The van der Waals surface area contributed by atoms with Crippen molar-refractivity contribution < 1.29 is 9.00 Å². The Kier molecular flexibility index (Phi) is 5.27. The van der Waals surface area contributed by atoms with E-state index in [1.807, 2.05) is 6.92 Å². The van der Waals surface area contributed by atoms with Crippen LogP contribution in [0.25, 0.3) is 0 Å². The Labute approximate surface area is 109 Å². The van der Waals surface area contributed by atoms with Crippen molar-refractivity contribution in [1.29, 1.82) is 0 Å². The van der Waals surface area contributed by atoms with Crippen LogP contribution in [0.15, 0.2) is 23.1 Å². The number of aryl methyl sites for hydroxylation is 1. The Balaban J connectivity index is 2.62. The molecule has 18 heavy (non-hydrogen) atoms. The fourth-order valence-electron chi connectivity index (χ4n) is 1.41. The standard InChI is InChI=1S/C12H18N2O3S/c1-9(5-7-18(3)17)13-12(16)10-4-6-14(2)11(15)8-10/h4,6,8-9H,5,7H2,1-3H3,(H,13,16). The van der Waals surface area contributed by atoms with Crippen LogP contribution in [0.1, 0.15) is 23.7 Å². The molecule has 1 aromatic rings. The number of carbonyl (C=O) groups excluding carboxylic acids is 1. The molecule has 0 saturated carbocycles. The number of rotatable bonds is 5. The summed E-state index contributed by atoms with van der Waals surface area (Å²) in [5, 5.41) is 2.78. The van der Waals surface area contributed by atoms with Crippen LogP contribution in [0.5, 0.6) is 0 Å². The summed E-state index contributed by atoms with van der Waals surface area (Å²) in [5.41, 5.74) is 0.132. The van der Waals surface area contributed by atoms with Gasteiger partial charge in [0.05, 0.1) is 0 Å². The van der Waals surface area contributed by atoms with E-state index in [1.54, 1.807) is 25.6 Å². The monoisotopic (exact) mass is 270 g/mol. The molecule has 1 aromatic heterocycles. The van der Waals surface area contributed by atoms with E-state index in [0.717, 1.165) is 0 Å². The summed E-state index contributed by atoms with van der Waals surface area (Å²) in [6, 6.07) is 2.84. The van der Waals surface area contributed by atoms with Gasteiger partial charge in [-0.1, -0.05) is 0 Å². The van der Waals surface area contributed by atoms with Crippen LogP contribution in [-0.2, 0) is 17.8 Å². The van der Waals surface area contributed by atoms with E-state index in [1.165, 1.54) is 10.6 Å². The summed E-state index contributed by atoms with van der Waals surface area (Å²) in [5.74, 6) is 0.278. The number of hydrogen-bond donors (Lipinski definition) is 1. The number of aromatic nitrogens is 1. The lowest BCUT2D eigenvalue weighted by atomic mass is 10.2. The molecule has 1 N–H and O–H groups in total. The topological polar surface area (TPSA) is 68.2 Å². The van der Waals surface area contributed by atoms with Crippen LogP contribution < -0.4 is 10.9 Å². The molecule has 0 bridgehead atoms. The van der Waals surface area contributed by atoms with Gasteiger partial charge >= 0.3 is 0 Å². The highest BCUT2D eigenvalue weighted by molar-refractivity contribution is 7.84. The van der Waals surface area contributed by atoms with E-state index < -0.39 is 10.8 Å². The lowest BCUT2D eigenvalue weighted by molar-refractivity contribution is 0.0939. The second-order valence-corrected chi connectivity index (χ2v) is 5.86. The first-order valence-corrected chi connectivity index (χ1v) is 7.40. The van der Waals surface area contributed by atoms with Gasteiger partial charge in [0.25, 0.3) is 11.5 Å². The van der Waals surface area contributed by atoms with Crippen LogP contribution in [-0.4, -0.2) is 32.7 Å². The average Bonchev–Trinajstić information content (AvgIpc) is 2.30. The molecule has 2 atom stereocenters. The molecule has 0 aliphatic rings. The fraction of sp³-hybridized carbons (Fsp3) is 0.500. The first-order valence-electron chi connectivity index (χ1n) is 5.67. The van der Waals surface area contributed by atoms with Crippen molar-refractivity contribution in [3.05, 3.63) is 34.2 Å². The number of carbonyl (C=O) groups is 1. The lowest BCUT2D eigenvalue weighted by Gasteiger charge is -2.13. The molecule has 5 nitrogen and oxygen atoms in total. The van der Waals surface area contributed by atoms with Gasteiger partial charge < -0.3 is 9.88 Å². The third-order valence-electron chi connectivity index (χ3n) is 2.58. The zero-order chi connectivity index (χ0) is 13.7. The Morgan fingerprint density at radius 3 is 2.78 bits per heavy atom. The molecular formula is C12H18N2O3S. The molecule has 1 heterocycles. The number of amides is 1. The smallest absolute Gasteiger partial charge is 0.251 e. The van der Waals surface area contributed by atoms with E-state index in [0.29, 0.717) is 17.7 Å². The maximum Gasteiger partial charge on any atom is 0.251 e. The number of nitrogens with one attached hydrogen (secondary N) is 1. The van der Waals surface area contributed by atoms with Crippen molar-refractivity contribution in [1.82, 2.24) is 9.88 Å². The Bertz CT molecular complexity index is 510. The number of hydrogen-bond acceptors (Lipinski definition) is 3. The highest BCUT2D eigenvalue weighted by atomic mass is 32.2. The second-order valence-electron chi connectivity index (χ2n) is 4.31. The van der Waals surface area contributed by atoms with Gasteiger partial charge in [-0.05, 0) is 19.4 Å². The highest BCUT2D eigenvalue weighted by Gasteiger charge is 2.10. The van der Waals surface area contributed by atoms with Crippen LogP contribution in [0.3, 0.4) is 0 Å². The van der Waals surface area contributed by atoms with E-state index in [4.69, 9.17) is 0 Å². The molecule has 1 amide bonds. The zero-order valence-electron chi connectivity index (χ0n) is 10.8. The maximum atomic E-state index is 11.8. The second kappa shape index (κ2) is 6.49. The average molecular weight is 270 g/mol. The van der Waals surface area contributed by atoms with Crippen LogP contribution >= 0.6 is 0 Å². The molecule has 0 radical (unpaired) electrons. The first-order chi connectivity index (χ1) is 8.40. The highest BCUT2D eigenvalue weighted by Crippen LogP contribution is 1.98. The van der Waals surface area contributed by atoms with Gasteiger partial charge in [-0.3, -0.25) is 13.8 Å². The van der Waals surface area contributed by atoms with Crippen molar-refractivity contribution in [3.8, 4) is 0 Å². The SMILES string of the molecule is CC(CCS(C)=O)NC(=O)c1ccn(C)c(=O)c1. The summed E-state index contributed by atoms with van der Waals surface area (Å²) < 4.78 is 12.3. The summed E-state index contributed by atoms with van der Waals surface area (Å²) in [6.07, 6.45) is 3.85. The van der Waals surface area contributed by atoms with Crippen molar-refractivity contribution >= 4 is 16.7 Å². The normalized spacial score (nSPS) is 13.9. The van der Waals surface area contributed by atoms with Gasteiger partial charge in [0.15, 0.2) is 0 Å². The number of pyridine rings is 1. The van der Waals surface area contributed by atoms with E-state index in [2.05, 4.69) is 5.32 Å². The lowest BCUT2D eigenvalue weighted by Crippen LogP contribution is -2.34. The molecule has 0 fully saturated rings. The van der Waals surface area contributed by atoms with Gasteiger partial charge in [-0.2, -0.15) is 0 Å². The van der Waals surface area contributed by atoms with E-state index >= 15 is 0 Å². The predicted octanol–water partition coefficient (Wildman–Crippen LogP) is 0.272. The predicted molar refractivity (Wildman–Crippen MR) is 72.2 cm³/mol. The molecule has 0 aliphatic heterocycles. The maximum absolute atomic E-state index is 11.8. The van der Waals surface area contributed by atoms with Crippen molar-refractivity contribution in [2.75, 3.05) is 12.0 Å². The molecule has 2 unspecified atom stereocenters. The quantitative estimate of drug-likeness (QED) is 0.835. The van der Waals surface area contributed by atoms with Crippen molar-refractivity contribution in [2.45, 2.75) is 19.4 Å². The largest absolute Gasteiger partial charge is 0.350 e. The van der Waals surface area contributed by atoms with Gasteiger partial charge in [0, 0.05) is 53.7 Å². The molecule has 6 heteroatoms. The van der Waals surface area contributed by atoms with E-state index in [-0.39, 0.29) is 17.5 Å². The van der Waals surface area contributed by atoms with Crippen LogP contribution in [0.4, 0.5) is 0 Å². The molecular weight excluding hydrogens is 252 g/mol. The minimum absolute atomic E-state index is 0.0644. The molecule has 1 rings (SSSR count). The summed E-state index contributed by atoms with van der Waals surface area (Å²) in [6.45, 7) is 1.85. The third-order valence-corrected chi connectivity index (χ3v) is 3.39. The fourth-order valence-corrected chi connectivity index (χ4v) is 2.10. The summed E-state index contributed by atoms with van der Waals surface area (Å²) in [7, 11) is 0.771. The van der Waals surface area contributed by atoms with Crippen LogP contribution in [0, 0.1) is 0 Å². The molecule has 0 aromatic carbocycles. The third kappa shape index (κ3) is 4.44. The Morgan fingerprint density at radius 1 is 1.56 bits per heavy atom. The summed E-state index contributed by atoms with van der Waals surface area (Å²) in [4.78, 5) is 23.2. The van der Waals surface area contributed by atoms with Gasteiger partial charge in [-0.15, -0.1) is 0 Å². The number of nitrogens with zero attached hydrogens (tertiary/aromatic N) is 1. The molecule has 0 saturated heterocycles. The van der Waals surface area contributed by atoms with Gasteiger partial charge in [0.1, 0.15) is 0 Å². The van der Waals surface area contributed by atoms with Crippen molar-refractivity contribution in [2.24, 2.45) is 7.05 Å². The Hall–Kier alpha value is -1.43. The molecule has 0 spiro atoms. The minimum atomic E-state index is -0.857. The molecule has 0 aliphatic carbocycles. The van der Waals surface area contributed by atoms with Gasteiger partial charge in [-0.25, -0.2) is 0 Å². The minimum Gasteiger partial charge on any atom is -0.350 e. The van der Waals surface area contributed by atoms with Crippen LogP contribution in [0.2, 0.25) is 0 Å². The summed E-state index contributed by atoms with van der Waals surface area (Å²) >= 11 is 0. The first kappa shape index (κ1) is 14.6. The zero-order valence-corrected chi connectivity index (χ0v) is 11.6. The van der Waals surface area contributed by atoms with Crippen molar-refractivity contribution in [3.63, 3.8) is 0 Å². The Morgan fingerprint density at radius 2 is 2.22 bits per heavy atom. The van der Waals surface area contributed by atoms with Gasteiger partial charge in [0.2, 0.25) is 0 Å².